The molecule has 2 N–H and O–H groups in total. The maximum atomic E-state index is 14.0. The summed E-state index contributed by atoms with van der Waals surface area (Å²) in [5.74, 6) is -1.07. The minimum absolute atomic E-state index is 0.0588. The molecule has 0 bridgehead atoms. The average molecular weight is 608 g/mol. The first-order chi connectivity index (χ1) is 21.8. The number of pyridine rings is 1. The van der Waals surface area contributed by atoms with Crippen molar-refractivity contribution in [3.8, 4) is 11.4 Å². The summed E-state index contributed by atoms with van der Waals surface area (Å²) in [5.41, 5.74) is 1.30. The lowest BCUT2D eigenvalue weighted by Gasteiger charge is -2.28. The molecule has 9 heteroatoms. The Labute approximate surface area is 262 Å². The third-order valence-corrected chi connectivity index (χ3v) is 8.15. The molecule has 5 rings (SSSR count). The molecule has 0 radical (unpaired) electrons. The number of hydrogen-bond acceptors (Lipinski definition) is 6. The molecule has 1 aliphatic rings. The second-order valence-corrected chi connectivity index (χ2v) is 11.0. The first-order valence-corrected chi connectivity index (χ1v) is 14.9. The lowest BCUT2D eigenvalue weighted by molar-refractivity contribution is -0.139. The highest BCUT2D eigenvalue weighted by atomic mass is 16.5. The van der Waals surface area contributed by atoms with Crippen molar-refractivity contribution in [3.63, 3.8) is 0 Å². The number of ether oxygens (including phenoxy) is 1. The highest BCUT2D eigenvalue weighted by Crippen LogP contribution is 2.45. The summed E-state index contributed by atoms with van der Waals surface area (Å²) in [6, 6.07) is 27.4. The van der Waals surface area contributed by atoms with E-state index < -0.39 is 17.4 Å². The Kier molecular flexibility index (Phi) is 9.61. The molecule has 0 fully saturated rings. The number of para-hydroxylation sites is 1. The summed E-state index contributed by atoms with van der Waals surface area (Å²) in [6.45, 7) is 2.36. The molecular formula is C36H37N3O6. The molecule has 1 aromatic heterocycles. The van der Waals surface area contributed by atoms with Crippen LogP contribution in [0.4, 0.5) is 5.69 Å². The summed E-state index contributed by atoms with van der Waals surface area (Å²) >= 11 is 0. The second kappa shape index (κ2) is 13.8. The molecule has 0 unspecified atom stereocenters. The smallest absolute Gasteiger partial charge is 0.297 e. The van der Waals surface area contributed by atoms with Gasteiger partial charge in [-0.3, -0.25) is 19.0 Å². The average Bonchev–Trinajstić information content (AvgIpc) is 3.27. The monoisotopic (exact) mass is 607 g/mol. The maximum absolute atomic E-state index is 14.0. The van der Waals surface area contributed by atoms with Crippen molar-refractivity contribution >= 4 is 17.5 Å². The minimum atomic E-state index is -1.84. The van der Waals surface area contributed by atoms with E-state index in [0.29, 0.717) is 23.5 Å². The van der Waals surface area contributed by atoms with Gasteiger partial charge in [0.15, 0.2) is 11.4 Å². The predicted octanol–water partition coefficient (Wildman–Crippen LogP) is 4.18. The maximum Gasteiger partial charge on any atom is 0.297 e. The molecule has 0 saturated carbocycles. The van der Waals surface area contributed by atoms with Crippen LogP contribution in [0.3, 0.4) is 0 Å². The number of anilines is 1. The summed E-state index contributed by atoms with van der Waals surface area (Å²) in [4.78, 5) is 43.0. The quantitative estimate of drug-likeness (QED) is 0.234. The van der Waals surface area contributed by atoms with Crippen LogP contribution in [0.15, 0.2) is 114 Å². The molecule has 0 aliphatic carbocycles. The number of rotatable bonds is 12. The highest BCUT2D eigenvalue weighted by molar-refractivity contribution is 6.07. The van der Waals surface area contributed by atoms with E-state index in [2.05, 4.69) is 0 Å². The number of nitrogens with zero attached hydrogens (tertiary/aromatic N) is 3. The van der Waals surface area contributed by atoms with E-state index >= 15 is 0 Å². The fraction of sp³-hybridized carbons (Fsp3) is 0.250. The van der Waals surface area contributed by atoms with E-state index in [0.717, 1.165) is 11.1 Å². The zero-order chi connectivity index (χ0) is 32.0. The van der Waals surface area contributed by atoms with Crippen LogP contribution in [0.25, 0.3) is 5.69 Å². The molecule has 232 valence electrons. The largest absolute Gasteiger partial charge is 0.491 e. The Morgan fingerprint density at radius 1 is 0.978 bits per heavy atom. The SMILES string of the molecule is COc1cccn(-c2cccc(CN3C(=O)[C@](O)([C@H](C)/C=C/CC(=O)N(CCO)Cc4ccccc4)c4ccccc43)c2)c1=O. The van der Waals surface area contributed by atoms with Crippen LogP contribution in [0.1, 0.15) is 30.0 Å². The van der Waals surface area contributed by atoms with Crippen molar-refractivity contribution < 1.29 is 24.5 Å². The standard InChI is InChI=1S/C36H37N3O6/c1-26(11-8-19-33(41)37(21-22-40)24-27-12-4-3-5-13-27)36(44)30-16-6-7-17-31(30)39(35(36)43)25-28-14-9-15-29(23-28)38-20-10-18-32(45-2)34(38)42/h3-18,20,23,26,40,44H,19,21-22,24-25H2,1-2H3/b11-8+/t26-,36+/m1/s1. The van der Waals surface area contributed by atoms with Crippen LogP contribution >= 0.6 is 0 Å². The highest BCUT2D eigenvalue weighted by Gasteiger charge is 2.52. The van der Waals surface area contributed by atoms with Gasteiger partial charge in [0.2, 0.25) is 5.91 Å². The van der Waals surface area contributed by atoms with Crippen molar-refractivity contribution in [2.75, 3.05) is 25.2 Å². The lowest BCUT2D eigenvalue weighted by atomic mass is 9.83. The van der Waals surface area contributed by atoms with E-state index in [1.165, 1.54) is 11.7 Å². The van der Waals surface area contributed by atoms with E-state index in [-0.39, 0.29) is 43.3 Å². The predicted molar refractivity (Wildman–Crippen MR) is 172 cm³/mol. The van der Waals surface area contributed by atoms with Gasteiger partial charge < -0.3 is 24.7 Å². The third-order valence-electron chi connectivity index (χ3n) is 8.15. The molecule has 0 spiro atoms. The van der Waals surface area contributed by atoms with E-state index in [4.69, 9.17) is 4.74 Å². The number of amides is 2. The van der Waals surface area contributed by atoms with Gasteiger partial charge in [0, 0.05) is 42.9 Å². The normalized spacial score (nSPS) is 16.5. The number of aliphatic hydroxyl groups excluding tert-OH is 1. The van der Waals surface area contributed by atoms with Gasteiger partial charge in [-0.1, -0.05) is 79.7 Å². The Bertz CT molecular complexity index is 1750. The zero-order valence-corrected chi connectivity index (χ0v) is 25.4. The number of carbonyl (C=O) groups is 2. The molecule has 4 aromatic rings. The van der Waals surface area contributed by atoms with Crippen molar-refractivity contribution in [3.05, 3.63) is 136 Å². The number of methoxy groups -OCH3 is 1. The van der Waals surface area contributed by atoms with E-state index in [9.17, 15) is 24.6 Å². The van der Waals surface area contributed by atoms with Gasteiger partial charge in [-0.05, 0) is 41.5 Å². The van der Waals surface area contributed by atoms with Gasteiger partial charge in [-0.15, -0.1) is 0 Å². The van der Waals surface area contributed by atoms with Crippen LogP contribution in [0.2, 0.25) is 0 Å². The minimum Gasteiger partial charge on any atom is -0.491 e. The summed E-state index contributed by atoms with van der Waals surface area (Å²) in [6.07, 6.45) is 5.09. The fourth-order valence-electron chi connectivity index (χ4n) is 5.74. The van der Waals surface area contributed by atoms with Crippen molar-refractivity contribution in [1.29, 1.82) is 0 Å². The van der Waals surface area contributed by atoms with Crippen LogP contribution in [-0.4, -0.2) is 51.8 Å². The molecular weight excluding hydrogens is 570 g/mol. The van der Waals surface area contributed by atoms with Gasteiger partial charge in [-0.2, -0.15) is 0 Å². The first kappa shape index (κ1) is 31.4. The Morgan fingerprint density at radius 3 is 2.47 bits per heavy atom. The van der Waals surface area contributed by atoms with E-state index in [1.54, 1.807) is 71.5 Å². The summed E-state index contributed by atoms with van der Waals surface area (Å²) < 4.78 is 6.66. The molecule has 3 aromatic carbocycles. The van der Waals surface area contributed by atoms with Crippen LogP contribution in [-0.2, 0) is 28.3 Å². The number of aliphatic hydroxyl groups is 2. The zero-order valence-electron chi connectivity index (χ0n) is 25.4. The number of hydrogen-bond donors (Lipinski definition) is 2. The first-order valence-electron chi connectivity index (χ1n) is 14.9. The Hall–Kier alpha value is -4.99. The number of fused-ring (bicyclic) bond motifs is 1. The van der Waals surface area contributed by atoms with Crippen molar-refractivity contribution in [2.24, 2.45) is 5.92 Å². The summed E-state index contributed by atoms with van der Waals surface area (Å²) in [5, 5.41) is 21.5. The molecule has 9 nitrogen and oxygen atoms in total. The topological polar surface area (TPSA) is 112 Å². The number of benzene rings is 3. The van der Waals surface area contributed by atoms with Crippen molar-refractivity contribution in [2.45, 2.75) is 32.0 Å². The Balaban J connectivity index is 1.34. The molecule has 45 heavy (non-hydrogen) atoms. The van der Waals surface area contributed by atoms with Gasteiger partial charge in [0.25, 0.3) is 11.5 Å². The van der Waals surface area contributed by atoms with Gasteiger partial charge in [0.1, 0.15) is 0 Å². The van der Waals surface area contributed by atoms with Crippen LogP contribution in [0.5, 0.6) is 5.75 Å². The van der Waals surface area contributed by atoms with Crippen LogP contribution in [0, 0.1) is 5.92 Å². The Morgan fingerprint density at radius 2 is 1.71 bits per heavy atom. The fourth-order valence-corrected chi connectivity index (χ4v) is 5.74. The second-order valence-electron chi connectivity index (χ2n) is 11.0. The van der Waals surface area contributed by atoms with Gasteiger partial charge in [0.05, 0.1) is 25.9 Å². The molecule has 2 atom stereocenters. The molecule has 2 heterocycles. The van der Waals surface area contributed by atoms with Crippen LogP contribution < -0.4 is 15.2 Å². The van der Waals surface area contributed by atoms with E-state index in [1.807, 2.05) is 54.6 Å². The summed E-state index contributed by atoms with van der Waals surface area (Å²) in [7, 11) is 1.45. The van der Waals surface area contributed by atoms with Gasteiger partial charge in [-0.25, -0.2) is 0 Å². The van der Waals surface area contributed by atoms with Crippen molar-refractivity contribution in [1.82, 2.24) is 9.47 Å². The van der Waals surface area contributed by atoms with Gasteiger partial charge >= 0.3 is 0 Å². The number of carbonyl (C=O) groups excluding carboxylic acids is 2. The molecule has 1 aliphatic heterocycles. The lowest BCUT2D eigenvalue weighted by Crippen LogP contribution is -2.44. The molecule has 0 saturated heterocycles. The molecule has 2 amide bonds. The third kappa shape index (κ3) is 6.45. The number of aromatic nitrogens is 1.